The molecule has 0 saturated carbocycles. The van der Waals surface area contributed by atoms with Crippen molar-refractivity contribution in [3.8, 4) is 11.5 Å². The van der Waals surface area contributed by atoms with Gasteiger partial charge in [0.05, 0.1) is 5.52 Å². The van der Waals surface area contributed by atoms with Gasteiger partial charge in [-0.2, -0.15) is 9.61 Å². The van der Waals surface area contributed by atoms with Gasteiger partial charge in [0.15, 0.2) is 0 Å². The summed E-state index contributed by atoms with van der Waals surface area (Å²) in [6.07, 6.45) is 0.791. The molecule has 2 aromatic carbocycles. The smallest absolute Gasteiger partial charge is 0.235 e. The number of benzene rings is 2. The van der Waals surface area contributed by atoms with E-state index >= 15 is 0 Å². The molecule has 0 aliphatic rings. The molecule has 0 saturated heterocycles. The second kappa shape index (κ2) is 5.75. The normalized spacial score (nSPS) is 11.4. The molecule has 0 N–H and O–H groups in total. The van der Waals surface area contributed by atoms with Gasteiger partial charge in [-0.3, -0.25) is 0 Å². The monoisotopic (exact) mass is 343 g/mol. The van der Waals surface area contributed by atoms with E-state index in [1.807, 2.05) is 48.5 Å². The summed E-state index contributed by atoms with van der Waals surface area (Å²) in [4.78, 5) is 5.49. The molecule has 5 rings (SSSR count). The Morgan fingerprint density at radius 1 is 0.840 bits per heavy atom. The summed E-state index contributed by atoms with van der Waals surface area (Å²) in [5.74, 6) is 0.677. The van der Waals surface area contributed by atoms with Crippen molar-refractivity contribution < 1.29 is 0 Å². The number of para-hydroxylation sites is 1. The van der Waals surface area contributed by atoms with Crippen LogP contribution in [0, 0.1) is 0 Å². The molecule has 6 heteroatoms. The van der Waals surface area contributed by atoms with E-state index in [9.17, 15) is 0 Å². The van der Waals surface area contributed by atoms with E-state index in [0.717, 1.165) is 33.0 Å². The second-order valence-corrected chi connectivity index (χ2v) is 6.81. The molecule has 5 nitrogen and oxygen atoms in total. The fraction of sp³-hybridized carbons (Fsp3) is 0.0526. The minimum Gasteiger partial charge on any atom is -0.244 e. The third-order valence-electron chi connectivity index (χ3n) is 4.06. The van der Waals surface area contributed by atoms with Gasteiger partial charge in [-0.1, -0.05) is 65.9 Å². The number of fused-ring (bicyclic) bond motifs is 2. The maximum Gasteiger partial charge on any atom is 0.235 e. The van der Waals surface area contributed by atoms with Crippen molar-refractivity contribution in [2.45, 2.75) is 6.42 Å². The van der Waals surface area contributed by atoms with Gasteiger partial charge >= 0.3 is 0 Å². The molecule has 3 aromatic heterocycles. The SMILES string of the molecule is c1ccc(Cc2nn3c(-c4ccc5ccccc5n4)nnc3s2)cc1. The molecule has 120 valence electrons. The lowest BCUT2D eigenvalue weighted by atomic mass is 10.2. The molecule has 0 fully saturated rings. The molecule has 0 bridgehead atoms. The second-order valence-electron chi connectivity index (χ2n) is 5.77. The van der Waals surface area contributed by atoms with Crippen molar-refractivity contribution in [3.05, 3.63) is 77.3 Å². The van der Waals surface area contributed by atoms with Gasteiger partial charge in [0.1, 0.15) is 10.7 Å². The van der Waals surface area contributed by atoms with Gasteiger partial charge in [-0.05, 0) is 17.7 Å². The minimum atomic E-state index is 0.677. The highest BCUT2D eigenvalue weighted by Crippen LogP contribution is 2.23. The van der Waals surface area contributed by atoms with Crippen LogP contribution in [0.5, 0.6) is 0 Å². The zero-order valence-electron chi connectivity index (χ0n) is 13.2. The molecule has 5 aromatic rings. The highest BCUT2D eigenvalue weighted by molar-refractivity contribution is 7.16. The fourth-order valence-corrected chi connectivity index (χ4v) is 3.72. The Hall–Kier alpha value is -3.12. The average molecular weight is 343 g/mol. The van der Waals surface area contributed by atoms with Crippen molar-refractivity contribution in [1.29, 1.82) is 0 Å². The molecular weight excluding hydrogens is 330 g/mol. The molecule has 0 amide bonds. The zero-order chi connectivity index (χ0) is 16.6. The summed E-state index contributed by atoms with van der Waals surface area (Å²) < 4.78 is 1.79. The summed E-state index contributed by atoms with van der Waals surface area (Å²) in [6, 6.07) is 22.4. The molecule has 0 unspecified atom stereocenters. The number of aromatic nitrogens is 5. The number of hydrogen-bond donors (Lipinski definition) is 0. The Kier molecular flexibility index (Phi) is 3.28. The first-order valence-electron chi connectivity index (χ1n) is 7.98. The minimum absolute atomic E-state index is 0.677. The summed E-state index contributed by atoms with van der Waals surface area (Å²) in [6.45, 7) is 0. The Labute approximate surface area is 147 Å². The summed E-state index contributed by atoms with van der Waals surface area (Å²) in [5, 5.41) is 15.4. The third kappa shape index (κ3) is 2.56. The standard InChI is InChI=1S/C19H13N5S/c1-2-6-13(7-3-1)12-17-23-24-18(21-22-19(24)25-17)16-11-10-14-8-4-5-9-15(14)20-16/h1-11H,12H2. The van der Waals surface area contributed by atoms with Crippen LogP contribution in [0.15, 0.2) is 66.7 Å². The van der Waals surface area contributed by atoms with E-state index in [-0.39, 0.29) is 0 Å². The van der Waals surface area contributed by atoms with Crippen molar-refractivity contribution >= 4 is 27.2 Å². The van der Waals surface area contributed by atoms with Crippen LogP contribution in [0.4, 0.5) is 0 Å². The topological polar surface area (TPSA) is 56.0 Å². The summed E-state index contributed by atoms with van der Waals surface area (Å²) in [7, 11) is 0. The van der Waals surface area contributed by atoms with Crippen LogP contribution in [-0.4, -0.2) is 24.8 Å². The van der Waals surface area contributed by atoms with Crippen LogP contribution in [0.25, 0.3) is 27.4 Å². The maximum atomic E-state index is 4.70. The summed E-state index contributed by atoms with van der Waals surface area (Å²) >= 11 is 1.56. The Balaban J connectivity index is 1.56. The number of hydrogen-bond acceptors (Lipinski definition) is 5. The van der Waals surface area contributed by atoms with Gasteiger partial charge < -0.3 is 0 Å². The molecule has 0 spiro atoms. The first-order valence-corrected chi connectivity index (χ1v) is 8.80. The quantitative estimate of drug-likeness (QED) is 0.497. The van der Waals surface area contributed by atoms with Crippen LogP contribution in [0.1, 0.15) is 10.6 Å². The van der Waals surface area contributed by atoms with Crippen LogP contribution >= 0.6 is 11.3 Å². The van der Waals surface area contributed by atoms with Crippen molar-refractivity contribution in [2.24, 2.45) is 0 Å². The van der Waals surface area contributed by atoms with Crippen LogP contribution in [-0.2, 0) is 6.42 Å². The molecule has 0 aliphatic heterocycles. The van der Waals surface area contributed by atoms with Gasteiger partial charge in [-0.15, -0.1) is 10.2 Å². The van der Waals surface area contributed by atoms with Crippen LogP contribution in [0.3, 0.4) is 0 Å². The lowest BCUT2D eigenvalue weighted by Gasteiger charge is -2.00. The first kappa shape index (κ1) is 14.2. The van der Waals surface area contributed by atoms with Gasteiger partial charge in [0, 0.05) is 11.8 Å². The molecule has 25 heavy (non-hydrogen) atoms. The van der Waals surface area contributed by atoms with Crippen molar-refractivity contribution in [1.82, 2.24) is 24.8 Å². The highest BCUT2D eigenvalue weighted by Gasteiger charge is 2.15. The number of pyridine rings is 1. The van der Waals surface area contributed by atoms with Gasteiger partial charge in [0.2, 0.25) is 10.8 Å². The fourth-order valence-electron chi connectivity index (χ4n) is 2.85. The predicted octanol–water partition coefficient (Wildman–Crippen LogP) is 3.99. The third-order valence-corrected chi connectivity index (χ3v) is 4.96. The van der Waals surface area contributed by atoms with Crippen LogP contribution in [0.2, 0.25) is 0 Å². The lowest BCUT2D eigenvalue weighted by Crippen LogP contribution is -1.95. The van der Waals surface area contributed by atoms with E-state index in [1.54, 1.807) is 15.9 Å². The molecule has 0 aliphatic carbocycles. The molecule has 0 radical (unpaired) electrons. The summed E-state index contributed by atoms with van der Waals surface area (Å²) in [5.41, 5.74) is 2.96. The Morgan fingerprint density at radius 2 is 1.68 bits per heavy atom. The van der Waals surface area contributed by atoms with E-state index in [2.05, 4.69) is 28.4 Å². The van der Waals surface area contributed by atoms with E-state index < -0.39 is 0 Å². The Morgan fingerprint density at radius 3 is 2.60 bits per heavy atom. The van der Waals surface area contributed by atoms with Crippen LogP contribution < -0.4 is 0 Å². The van der Waals surface area contributed by atoms with Crippen molar-refractivity contribution in [3.63, 3.8) is 0 Å². The van der Waals surface area contributed by atoms with E-state index in [4.69, 9.17) is 10.1 Å². The predicted molar refractivity (Wildman–Crippen MR) is 98.6 cm³/mol. The Bertz CT molecular complexity index is 1180. The van der Waals surface area contributed by atoms with E-state index in [0.29, 0.717) is 5.82 Å². The first-order chi connectivity index (χ1) is 12.4. The molecular formula is C19H13N5S. The average Bonchev–Trinajstić information content (AvgIpc) is 3.22. The van der Waals surface area contributed by atoms with E-state index in [1.165, 1.54) is 5.56 Å². The maximum absolute atomic E-state index is 4.70. The van der Waals surface area contributed by atoms with Crippen molar-refractivity contribution in [2.75, 3.05) is 0 Å². The molecule has 0 atom stereocenters. The molecule has 3 heterocycles. The van der Waals surface area contributed by atoms with Gasteiger partial charge in [-0.25, -0.2) is 4.98 Å². The highest BCUT2D eigenvalue weighted by atomic mass is 32.1. The zero-order valence-corrected chi connectivity index (χ0v) is 14.0. The number of rotatable bonds is 3. The largest absolute Gasteiger partial charge is 0.244 e. The van der Waals surface area contributed by atoms with Gasteiger partial charge in [0.25, 0.3) is 0 Å². The number of nitrogens with zero attached hydrogens (tertiary/aromatic N) is 5. The lowest BCUT2D eigenvalue weighted by molar-refractivity contribution is 0.913.